The highest BCUT2D eigenvalue weighted by atomic mass is 16.2. The van der Waals surface area contributed by atoms with Gasteiger partial charge in [-0.2, -0.15) is 5.10 Å². The van der Waals surface area contributed by atoms with Crippen LogP contribution in [0.15, 0.2) is 23.4 Å². The van der Waals surface area contributed by atoms with E-state index in [1.54, 1.807) is 9.47 Å². The molecule has 0 aromatic carbocycles. The van der Waals surface area contributed by atoms with Crippen LogP contribution in [0.4, 0.5) is 0 Å². The second-order valence-electron chi connectivity index (χ2n) is 7.53. The molecule has 8 heteroatoms. The van der Waals surface area contributed by atoms with E-state index in [4.69, 9.17) is 0 Å². The molecular formula is C19H26N6O2. The Morgan fingerprint density at radius 3 is 2.81 bits per heavy atom. The third-order valence-corrected chi connectivity index (χ3v) is 5.77. The number of aromatic amines is 1. The lowest BCUT2D eigenvalue weighted by Crippen LogP contribution is -2.43. The van der Waals surface area contributed by atoms with Crippen molar-refractivity contribution in [3.05, 3.63) is 45.9 Å². The van der Waals surface area contributed by atoms with Crippen molar-refractivity contribution < 1.29 is 4.79 Å². The van der Waals surface area contributed by atoms with Gasteiger partial charge in [0.2, 0.25) is 0 Å². The summed E-state index contributed by atoms with van der Waals surface area (Å²) in [5.41, 5.74) is 0.903. The Morgan fingerprint density at radius 1 is 1.26 bits per heavy atom. The number of rotatable bonds is 3. The molecule has 0 bridgehead atoms. The maximum atomic E-state index is 13.2. The molecule has 2 aliphatic heterocycles. The molecule has 2 aliphatic rings. The number of likely N-dealkylation sites (tertiary alicyclic amines) is 1. The molecule has 0 saturated carbocycles. The summed E-state index contributed by atoms with van der Waals surface area (Å²) in [5.74, 6) is 0.787. The van der Waals surface area contributed by atoms with Crippen LogP contribution in [0, 0.1) is 6.92 Å². The predicted octanol–water partition coefficient (Wildman–Crippen LogP) is 1.22. The average Bonchev–Trinajstić information content (AvgIpc) is 3.24. The van der Waals surface area contributed by atoms with Gasteiger partial charge in [-0.05, 0) is 57.3 Å². The van der Waals surface area contributed by atoms with E-state index < -0.39 is 0 Å². The van der Waals surface area contributed by atoms with Gasteiger partial charge in [0, 0.05) is 31.2 Å². The Bertz CT molecular complexity index is 854. The zero-order chi connectivity index (χ0) is 18.8. The molecule has 0 spiro atoms. The molecule has 2 saturated heterocycles. The summed E-state index contributed by atoms with van der Waals surface area (Å²) < 4.78 is 1.76. The van der Waals surface area contributed by atoms with Crippen LogP contribution in [0.2, 0.25) is 0 Å². The number of aryl methyl sites for hydroxylation is 1. The highest BCUT2D eigenvalue weighted by Gasteiger charge is 2.30. The first-order valence-corrected chi connectivity index (χ1v) is 9.72. The molecule has 2 fully saturated rings. The van der Waals surface area contributed by atoms with E-state index in [0.717, 1.165) is 50.2 Å². The first-order chi connectivity index (χ1) is 13.1. The van der Waals surface area contributed by atoms with Gasteiger partial charge in [-0.25, -0.2) is 4.98 Å². The molecule has 0 radical (unpaired) electrons. The number of carbonyl (C=O) groups is 1. The van der Waals surface area contributed by atoms with Crippen molar-refractivity contribution in [3.8, 4) is 0 Å². The van der Waals surface area contributed by atoms with E-state index in [0.29, 0.717) is 18.7 Å². The van der Waals surface area contributed by atoms with Crippen LogP contribution in [0.25, 0.3) is 0 Å². The molecule has 1 atom stereocenters. The summed E-state index contributed by atoms with van der Waals surface area (Å²) in [5, 5.41) is 10.1. The number of pyridine rings is 1. The molecule has 4 heterocycles. The van der Waals surface area contributed by atoms with Gasteiger partial charge in [0.15, 0.2) is 0 Å². The van der Waals surface area contributed by atoms with Gasteiger partial charge in [0.05, 0.1) is 0 Å². The van der Waals surface area contributed by atoms with Gasteiger partial charge in [0.1, 0.15) is 17.7 Å². The summed E-state index contributed by atoms with van der Waals surface area (Å²) in [4.78, 5) is 32.4. The number of piperidine rings is 2. The van der Waals surface area contributed by atoms with Crippen LogP contribution in [-0.4, -0.2) is 56.7 Å². The smallest absolute Gasteiger partial charge is 0.263 e. The molecule has 27 heavy (non-hydrogen) atoms. The van der Waals surface area contributed by atoms with Gasteiger partial charge < -0.3 is 14.8 Å². The zero-order valence-electron chi connectivity index (χ0n) is 15.6. The summed E-state index contributed by atoms with van der Waals surface area (Å²) in [6.07, 6.45) is 7.02. The van der Waals surface area contributed by atoms with E-state index in [2.05, 4.69) is 20.5 Å². The number of H-pyrrole nitrogens is 1. The Kier molecular flexibility index (Phi) is 5.07. The fourth-order valence-corrected chi connectivity index (χ4v) is 4.23. The molecule has 144 valence electrons. The van der Waals surface area contributed by atoms with Crippen LogP contribution in [0.3, 0.4) is 0 Å². The number of amides is 1. The Hall–Kier alpha value is -2.48. The monoisotopic (exact) mass is 370 g/mol. The van der Waals surface area contributed by atoms with Gasteiger partial charge >= 0.3 is 0 Å². The zero-order valence-corrected chi connectivity index (χ0v) is 15.6. The van der Waals surface area contributed by atoms with Crippen molar-refractivity contribution in [2.45, 2.75) is 44.6 Å². The maximum absolute atomic E-state index is 13.2. The molecule has 4 rings (SSSR count). The fourth-order valence-electron chi connectivity index (χ4n) is 4.23. The van der Waals surface area contributed by atoms with Crippen LogP contribution >= 0.6 is 0 Å². The minimum atomic E-state index is -0.162. The molecule has 2 N–H and O–H groups in total. The Balaban J connectivity index is 1.60. The van der Waals surface area contributed by atoms with E-state index in [1.807, 2.05) is 19.2 Å². The topological polar surface area (TPSA) is 95.9 Å². The van der Waals surface area contributed by atoms with Crippen LogP contribution in [0.1, 0.15) is 59.4 Å². The highest BCUT2D eigenvalue weighted by Crippen LogP contribution is 2.25. The van der Waals surface area contributed by atoms with Crippen molar-refractivity contribution in [2.24, 2.45) is 0 Å². The molecule has 8 nitrogen and oxygen atoms in total. The molecule has 1 unspecified atom stereocenters. The van der Waals surface area contributed by atoms with Crippen LogP contribution < -0.4 is 10.9 Å². The lowest BCUT2D eigenvalue weighted by molar-refractivity contribution is 0.0701. The molecule has 2 aromatic heterocycles. The van der Waals surface area contributed by atoms with Crippen molar-refractivity contribution >= 4 is 5.91 Å². The first kappa shape index (κ1) is 17.9. The Labute approximate surface area is 158 Å². The fraction of sp³-hybridized carbons (Fsp3) is 0.579. The van der Waals surface area contributed by atoms with Crippen molar-refractivity contribution in [2.75, 3.05) is 26.2 Å². The molecular weight excluding hydrogens is 344 g/mol. The molecule has 1 amide bonds. The van der Waals surface area contributed by atoms with E-state index >= 15 is 0 Å². The number of aromatic nitrogens is 4. The lowest BCUT2D eigenvalue weighted by atomic mass is 9.96. The molecule has 0 aliphatic carbocycles. The number of nitrogens with one attached hydrogen (secondary N) is 2. The first-order valence-electron chi connectivity index (χ1n) is 9.72. The second kappa shape index (κ2) is 7.64. The quantitative estimate of drug-likeness (QED) is 0.847. The minimum Gasteiger partial charge on any atom is -0.338 e. The largest absolute Gasteiger partial charge is 0.338 e. The lowest BCUT2D eigenvalue weighted by Gasteiger charge is -2.32. The minimum absolute atomic E-state index is 0.140. The van der Waals surface area contributed by atoms with Crippen LogP contribution in [0.5, 0.6) is 0 Å². The normalized spacial score (nSPS) is 21.4. The van der Waals surface area contributed by atoms with E-state index in [-0.39, 0.29) is 23.4 Å². The Morgan fingerprint density at radius 2 is 2.07 bits per heavy atom. The van der Waals surface area contributed by atoms with Gasteiger partial charge in [-0.3, -0.25) is 14.7 Å². The average molecular weight is 370 g/mol. The van der Waals surface area contributed by atoms with Gasteiger partial charge in [0.25, 0.3) is 11.5 Å². The SMILES string of the molecule is Cc1ccn(C2CCNCC2)c(=O)c1C(=O)N1CCCC(c2ncn[nH]2)C1. The summed E-state index contributed by atoms with van der Waals surface area (Å²) in [7, 11) is 0. The van der Waals surface area contributed by atoms with Gasteiger partial charge in [-0.1, -0.05) is 0 Å². The highest BCUT2D eigenvalue weighted by molar-refractivity contribution is 5.95. The van der Waals surface area contributed by atoms with Crippen molar-refractivity contribution in [3.63, 3.8) is 0 Å². The van der Waals surface area contributed by atoms with Crippen molar-refractivity contribution in [1.82, 2.24) is 30.0 Å². The van der Waals surface area contributed by atoms with Gasteiger partial charge in [-0.15, -0.1) is 0 Å². The summed E-state index contributed by atoms with van der Waals surface area (Å²) in [6, 6.07) is 2.06. The predicted molar refractivity (Wildman–Crippen MR) is 101 cm³/mol. The number of carbonyl (C=O) groups excluding carboxylic acids is 1. The standard InChI is InChI=1S/C19H26N6O2/c1-13-6-10-25(15-4-7-20-8-5-15)19(27)16(13)18(26)24-9-2-3-14(11-24)17-21-12-22-23-17/h6,10,12,14-15,20H,2-5,7-9,11H2,1H3,(H,21,22,23). The van der Waals surface area contributed by atoms with Crippen LogP contribution in [-0.2, 0) is 0 Å². The van der Waals surface area contributed by atoms with Crippen molar-refractivity contribution in [1.29, 1.82) is 0 Å². The summed E-state index contributed by atoms with van der Waals surface area (Å²) in [6.45, 7) is 4.89. The third-order valence-electron chi connectivity index (χ3n) is 5.77. The number of hydrogen-bond acceptors (Lipinski definition) is 5. The number of hydrogen-bond donors (Lipinski definition) is 2. The van der Waals surface area contributed by atoms with E-state index in [9.17, 15) is 9.59 Å². The second-order valence-corrected chi connectivity index (χ2v) is 7.53. The molecule has 2 aromatic rings. The maximum Gasteiger partial charge on any atom is 0.263 e. The number of nitrogens with zero attached hydrogens (tertiary/aromatic N) is 4. The third kappa shape index (κ3) is 3.53. The summed E-state index contributed by atoms with van der Waals surface area (Å²) >= 11 is 0. The van der Waals surface area contributed by atoms with E-state index in [1.165, 1.54) is 6.33 Å².